The Morgan fingerprint density at radius 1 is 1.69 bits per heavy atom. The molecule has 6 heteroatoms. The molecule has 68 valence electrons. The third-order valence-corrected chi connectivity index (χ3v) is 2.18. The predicted molar refractivity (Wildman–Crippen MR) is 47.2 cm³/mol. The van der Waals surface area contributed by atoms with Gasteiger partial charge in [0.15, 0.2) is 0 Å². The molecule has 1 amide bonds. The Morgan fingerprint density at radius 2 is 2.62 bits per heavy atom. The molecular weight excluding hydrogens is 190 g/mol. The van der Waals surface area contributed by atoms with Crippen molar-refractivity contribution in [2.75, 3.05) is 11.9 Å². The van der Waals surface area contributed by atoms with Gasteiger partial charge < -0.3 is 10.1 Å². The molecule has 0 saturated carbocycles. The van der Waals surface area contributed by atoms with Gasteiger partial charge in [0.1, 0.15) is 5.00 Å². The van der Waals surface area contributed by atoms with Crippen LogP contribution >= 0.6 is 11.5 Å². The molecule has 5 nitrogen and oxygen atoms in total. The minimum atomic E-state index is -0.136. The molecule has 1 aromatic rings. The van der Waals surface area contributed by atoms with Gasteiger partial charge in [-0.2, -0.15) is 0 Å². The van der Waals surface area contributed by atoms with Crippen molar-refractivity contribution in [1.29, 1.82) is 0 Å². The summed E-state index contributed by atoms with van der Waals surface area (Å²) in [6.45, 7) is 0.587. The second-order valence-electron chi connectivity index (χ2n) is 2.50. The number of hydrogen-bond donors (Lipinski definition) is 1. The minimum absolute atomic E-state index is 0.136. The number of rotatable bonds is 2. The van der Waals surface area contributed by atoms with E-state index in [0.717, 1.165) is 11.5 Å². The summed E-state index contributed by atoms with van der Waals surface area (Å²) < 4.78 is 8.57. The smallest absolute Gasteiger partial charge is 0.255 e. The van der Waals surface area contributed by atoms with E-state index in [1.165, 1.54) is 12.5 Å². The zero-order valence-corrected chi connectivity index (χ0v) is 7.50. The van der Waals surface area contributed by atoms with Crippen LogP contribution in [0.4, 0.5) is 5.00 Å². The highest BCUT2D eigenvalue weighted by Gasteiger charge is 2.14. The molecule has 1 aliphatic rings. The summed E-state index contributed by atoms with van der Waals surface area (Å²) in [5.74, 6) is -0.136. The molecule has 1 aliphatic heterocycles. The van der Waals surface area contributed by atoms with Crippen LogP contribution in [0.1, 0.15) is 6.42 Å². The lowest BCUT2D eigenvalue weighted by Crippen LogP contribution is -2.12. The summed E-state index contributed by atoms with van der Waals surface area (Å²) in [5.41, 5.74) is 0.661. The Balaban J connectivity index is 1.99. The predicted octanol–water partition coefficient (Wildman–Crippen LogP) is 0.781. The monoisotopic (exact) mass is 197 g/mol. The number of nitrogens with zero attached hydrogens (tertiary/aromatic N) is 2. The summed E-state index contributed by atoms with van der Waals surface area (Å²) in [6.07, 6.45) is 3.67. The molecule has 13 heavy (non-hydrogen) atoms. The van der Waals surface area contributed by atoms with Crippen molar-refractivity contribution in [2.45, 2.75) is 6.42 Å². The first-order valence-corrected chi connectivity index (χ1v) is 4.53. The quantitative estimate of drug-likeness (QED) is 0.761. The summed E-state index contributed by atoms with van der Waals surface area (Å²) in [5, 5.41) is 6.93. The molecule has 1 aromatic heterocycles. The summed E-state index contributed by atoms with van der Waals surface area (Å²) in [6, 6.07) is 0. The van der Waals surface area contributed by atoms with Gasteiger partial charge in [0, 0.05) is 18.0 Å². The van der Waals surface area contributed by atoms with Gasteiger partial charge in [-0.15, -0.1) is 5.10 Å². The molecule has 0 aromatic carbocycles. The van der Waals surface area contributed by atoms with E-state index < -0.39 is 0 Å². The van der Waals surface area contributed by atoms with Crippen molar-refractivity contribution in [2.24, 2.45) is 0 Å². The maximum absolute atomic E-state index is 11.4. The Hall–Kier alpha value is -1.43. The van der Waals surface area contributed by atoms with Crippen LogP contribution in [0.2, 0.25) is 0 Å². The molecule has 0 radical (unpaired) electrons. The topological polar surface area (TPSA) is 64.1 Å². The molecule has 0 unspecified atom stereocenters. The minimum Gasteiger partial charge on any atom is -0.500 e. The first-order chi connectivity index (χ1) is 6.36. The fraction of sp³-hybridized carbons (Fsp3) is 0.286. The summed E-state index contributed by atoms with van der Waals surface area (Å²) in [7, 11) is 0. The first kappa shape index (κ1) is 8.18. The van der Waals surface area contributed by atoms with Crippen LogP contribution in [0.25, 0.3) is 0 Å². The number of hydrogen-bond acceptors (Lipinski definition) is 5. The Kier molecular flexibility index (Phi) is 2.22. The van der Waals surface area contributed by atoms with Gasteiger partial charge in [0.2, 0.25) is 0 Å². The molecular formula is C7H7N3O2S. The van der Waals surface area contributed by atoms with Gasteiger partial charge in [-0.1, -0.05) is 4.49 Å². The molecule has 2 rings (SSSR count). The van der Waals surface area contributed by atoms with Crippen LogP contribution < -0.4 is 5.32 Å². The summed E-state index contributed by atoms with van der Waals surface area (Å²) in [4.78, 5) is 11.4. The van der Waals surface area contributed by atoms with Crippen molar-refractivity contribution in [3.8, 4) is 0 Å². The highest BCUT2D eigenvalue weighted by Crippen LogP contribution is 2.15. The fourth-order valence-corrected chi connectivity index (χ4v) is 1.38. The standard InChI is InChI=1S/C7H7N3O2S/c11-7(5-1-2-12-4-5)9-6-3-8-10-13-6/h3-4H,1-2H2,(H,9,11). The Labute approximate surface area is 78.6 Å². The average Bonchev–Trinajstić information content (AvgIpc) is 2.74. The van der Waals surface area contributed by atoms with Crippen molar-refractivity contribution >= 4 is 22.4 Å². The van der Waals surface area contributed by atoms with E-state index in [2.05, 4.69) is 14.9 Å². The van der Waals surface area contributed by atoms with E-state index in [1.54, 1.807) is 0 Å². The Bertz CT molecular complexity index is 334. The second-order valence-corrected chi connectivity index (χ2v) is 3.29. The van der Waals surface area contributed by atoms with Crippen LogP contribution in [0.5, 0.6) is 0 Å². The maximum Gasteiger partial charge on any atom is 0.255 e. The maximum atomic E-state index is 11.4. The van der Waals surface area contributed by atoms with Crippen molar-refractivity contribution in [3.05, 3.63) is 18.0 Å². The number of ether oxygens (including phenoxy) is 1. The van der Waals surface area contributed by atoms with Crippen molar-refractivity contribution in [3.63, 3.8) is 0 Å². The number of aromatic nitrogens is 2. The van der Waals surface area contributed by atoms with E-state index in [0.29, 0.717) is 23.6 Å². The normalized spacial score (nSPS) is 14.9. The third-order valence-electron chi connectivity index (χ3n) is 1.60. The SMILES string of the molecule is O=C(Nc1cnns1)C1=COCC1. The molecule has 0 aliphatic carbocycles. The van der Waals surface area contributed by atoms with Crippen LogP contribution in [0.3, 0.4) is 0 Å². The lowest BCUT2D eigenvalue weighted by Gasteiger charge is -1.98. The lowest BCUT2D eigenvalue weighted by atomic mass is 10.2. The van der Waals surface area contributed by atoms with Gasteiger partial charge in [-0.05, 0) is 0 Å². The van der Waals surface area contributed by atoms with E-state index >= 15 is 0 Å². The number of nitrogens with one attached hydrogen (secondary N) is 1. The Morgan fingerprint density at radius 3 is 3.23 bits per heavy atom. The van der Waals surface area contributed by atoms with E-state index in [4.69, 9.17) is 4.74 Å². The number of carbonyl (C=O) groups is 1. The van der Waals surface area contributed by atoms with E-state index in [1.807, 2.05) is 0 Å². The lowest BCUT2D eigenvalue weighted by molar-refractivity contribution is -0.112. The van der Waals surface area contributed by atoms with Gasteiger partial charge >= 0.3 is 0 Å². The van der Waals surface area contributed by atoms with Crippen LogP contribution in [-0.4, -0.2) is 22.1 Å². The van der Waals surface area contributed by atoms with Crippen LogP contribution in [0.15, 0.2) is 18.0 Å². The molecule has 0 bridgehead atoms. The van der Waals surface area contributed by atoms with E-state index in [-0.39, 0.29) is 5.91 Å². The highest BCUT2D eigenvalue weighted by molar-refractivity contribution is 7.10. The average molecular weight is 197 g/mol. The molecule has 1 N–H and O–H groups in total. The largest absolute Gasteiger partial charge is 0.500 e. The number of amides is 1. The molecule has 0 atom stereocenters. The van der Waals surface area contributed by atoms with Crippen LogP contribution in [0, 0.1) is 0 Å². The zero-order chi connectivity index (χ0) is 9.10. The molecule has 0 saturated heterocycles. The molecule has 0 fully saturated rings. The van der Waals surface area contributed by atoms with Gasteiger partial charge in [0.05, 0.1) is 24.6 Å². The third kappa shape index (κ3) is 1.83. The van der Waals surface area contributed by atoms with Crippen LogP contribution in [-0.2, 0) is 9.53 Å². The second kappa shape index (κ2) is 3.53. The number of anilines is 1. The van der Waals surface area contributed by atoms with E-state index in [9.17, 15) is 4.79 Å². The fourth-order valence-electron chi connectivity index (χ4n) is 0.969. The van der Waals surface area contributed by atoms with Gasteiger partial charge in [-0.25, -0.2) is 0 Å². The first-order valence-electron chi connectivity index (χ1n) is 3.75. The van der Waals surface area contributed by atoms with Crippen molar-refractivity contribution < 1.29 is 9.53 Å². The van der Waals surface area contributed by atoms with Gasteiger partial charge in [-0.3, -0.25) is 4.79 Å². The zero-order valence-electron chi connectivity index (χ0n) is 6.69. The highest BCUT2D eigenvalue weighted by atomic mass is 32.1. The molecule has 2 heterocycles. The summed E-state index contributed by atoms with van der Waals surface area (Å²) >= 11 is 1.15. The van der Waals surface area contributed by atoms with Gasteiger partial charge in [0.25, 0.3) is 5.91 Å². The molecule has 0 spiro atoms. The van der Waals surface area contributed by atoms with Crippen molar-refractivity contribution in [1.82, 2.24) is 9.59 Å². The number of carbonyl (C=O) groups excluding carboxylic acids is 1.